The molecule has 0 aliphatic heterocycles. The van der Waals surface area contributed by atoms with E-state index in [1.165, 1.54) is 110 Å². The minimum absolute atomic E-state index is 0. The summed E-state index contributed by atoms with van der Waals surface area (Å²) in [7, 11) is 0. The Morgan fingerprint density at radius 3 is 1.98 bits per heavy atom. The zero-order valence-electron chi connectivity index (χ0n) is 27.4. The van der Waals surface area contributed by atoms with Crippen LogP contribution in [0.2, 0.25) is 0 Å². The predicted octanol–water partition coefficient (Wildman–Crippen LogP) is 3.53. The Morgan fingerprint density at radius 1 is 0.822 bits per heavy atom. The van der Waals surface area contributed by atoms with Crippen LogP contribution in [0.5, 0.6) is 0 Å². The zero-order chi connectivity index (χ0) is 30.4. The van der Waals surface area contributed by atoms with Crippen LogP contribution < -0.4 is 35.3 Å². The van der Waals surface area contributed by atoms with Crippen molar-refractivity contribution in [2.24, 2.45) is 5.41 Å². The zero-order valence-corrected chi connectivity index (χ0v) is 31.4. The molecule has 1 atom stereocenters. The third-order valence-electron chi connectivity index (χ3n) is 9.06. The van der Waals surface area contributed by atoms with Crippen molar-refractivity contribution in [2.75, 3.05) is 0 Å². The molecule has 1 unspecified atom stereocenters. The van der Waals surface area contributed by atoms with E-state index >= 15 is 0 Å². The van der Waals surface area contributed by atoms with Crippen LogP contribution in [0, 0.1) is 12.3 Å². The van der Waals surface area contributed by atoms with Gasteiger partial charge in [-0.05, 0) is 38.0 Å². The van der Waals surface area contributed by atoms with Crippen molar-refractivity contribution in [3.8, 4) is 0 Å². The number of aryl methyl sites for hydroxylation is 1. The van der Waals surface area contributed by atoms with Crippen LogP contribution in [0.15, 0.2) is 125 Å². The summed E-state index contributed by atoms with van der Waals surface area (Å²) in [6.45, 7) is 11.7. The second kappa shape index (κ2) is 17.0. The number of rotatable bonds is 9. The van der Waals surface area contributed by atoms with E-state index in [-0.39, 0.29) is 30.2 Å². The van der Waals surface area contributed by atoms with E-state index in [4.69, 9.17) is 0 Å². The van der Waals surface area contributed by atoms with Gasteiger partial charge in [-0.15, -0.1) is 33.7 Å². The molecule has 3 aromatic carbocycles. The molecule has 0 saturated carbocycles. The van der Waals surface area contributed by atoms with Crippen molar-refractivity contribution in [1.82, 2.24) is 0 Å². The van der Waals surface area contributed by atoms with Gasteiger partial charge in [0, 0.05) is 0 Å². The summed E-state index contributed by atoms with van der Waals surface area (Å²) in [4.78, 5) is 0. The molecule has 0 aromatic heterocycles. The van der Waals surface area contributed by atoms with E-state index in [0.717, 1.165) is 6.42 Å². The van der Waals surface area contributed by atoms with Gasteiger partial charge in [0.1, 0.15) is 0 Å². The summed E-state index contributed by atoms with van der Waals surface area (Å²) in [5.74, 6) is 0. The van der Waals surface area contributed by atoms with Gasteiger partial charge in [-0.25, -0.2) is 0 Å². The van der Waals surface area contributed by atoms with Crippen LogP contribution in [-0.4, -0.2) is 3.21 Å². The molecule has 3 aliphatic rings. The Kier molecular flexibility index (Phi) is 14.1. The molecule has 232 valence electrons. The van der Waals surface area contributed by atoms with Gasteiger partial charge >= 0.3 is 99.2 Å². The van der Waals surface area contributed by atoms with E-state index in [9.17, 15) is 0 Å². The first-order chi connectivity index (χ1) is 20.9. The van der Waals surface area contributed by atoms with Gasteiger partial charge in [0.15, 0.2) is 0 Å². The first kappa shape index (κ1) is 37.2. The summed E-state index contributed by atoms with van der Waals surface area (Å²) in [6.07, 6.45) is 19.1. The Balaban J connectivity index is 0.000000292. The van der Waals surface area contributed by atoms with Gasteiger partial charge in [0.2, 0.25) is 0 Å². The van der Waals surface area contributed by atoms with Crippen LogP contribution in [0.4, 0.5) is 0 Å². The van der Waals surface area contributed by atoms with Gasteiger partial charge < -0.3 is 24.8 Å². The van der Waals surface area contributed by atoms with Crippen LogP contribution in [-0.2, 0) is 24.2 Å². The third kappa shape index (κ3) is 7.81. The summed E-state index contributed by atoms with van der Waals surface area (Å²) in [5.41, 5.74) is 13.4. The van der Waals surface area contributed by atoms with Crippen molar-refractivity contribution in [3.63, 3.8) is 0 Å². The maximum absolute atomic E-state index is 3.91. The standard InChI is InChI=1S/C29H35.C13H10.2ClH.Zr/c1-6-11-24-26(12-7-2)29(5,17-8-3)28(21-13-9-10-14-21)25-19-22-18-20(4)15-16-23(22)27(24)25;1-3-7-12(8-4-1)11-13-9-5-2-6-10-13;;;/h9-10,13,15-16,18H,6-8,11-12,14,17H2,1-5H3;1-10H;2*1H;/q-1;;;;+2/p-2. The first-order valence-electron chi connectivity index (χ1n) is 16.2. The van der Waals surface area contributed by atoms with E-state index in [2.05, 4.69) is 138 Å². The molecule has 0 radical (unpaired) electrons. The van der Waals surface area contributed by atoms with Gasteiger partial charge in [-0.3, -0.25) is 0 Å². The minimum atomic E-state index is 0. The molecule has 0 N–H and O–H groups in total. The summed E-state index contributed by atoms with van der Waals surface area (Å²) in [5, 5.41) is 2.70. The van der Waals surface area contributed by atoms with Gasteiger partial charge in [-0.1, -0.05) is 105 Å². The fourth-order valence-electron chi connectivity index (χ4n) is 7.23. The molecule has 0 fully saturated rings. The second-order valence-electron chi connectivity index (χ2n) is 12.3. The number of halogens is 2. The molecule has 45 heavy (non-hydrogen) atoms. The van der Waals surface area contributed by atoms with Crippen LogP contribution in [0.3, 0.4) is 0 Å². The number of allylic oxidation sites excluding steroid dienone is 8. The topological polar surface area (TPSA) is 0 Å². The molecule has 0 bridgehead atoms. The number of hydrogen-bond acceptors (Lipinski definition) is 0. The quantitative estimate of drug-likeness (QED) is 0.299. The van der Waals surface area contributed by atoms with E-state index < -0.39 is 0 Å². The number of benzene rings is 3. The van der Waals surface area contributed by atoms with Crippen molar-refractivity contribution < 1.29 is 49.0 Å². The third-order valence-corrected chi connectivity index (χ3v) is 10.5. The fourth-order valence-corrected chi connectivity index (χ4v) is 8.04. The van der Waals surface area contributed by atoms with E-state index in [1.807, 2.05) is 0 Å². The van der Waals surface area contributed by atoms with Gasteiger partial charge in [0.25, 0.3) is 0 Å². The average Bonchev–Trinajstić information content (AvgIpc) is 3.68. The Morgan fingerprint density at radius 2 is 1.44 bits per heavy atom. The van der Waals surface area contributed by atoms with Gasteiger partial charge in [0.05, 0.1) is 0 Å². The average molecular weight is 712 g/mol. The first-order valence-corrected chi connectivity index (χ1v) is 17.4. The molecule has 3 heteroatoms. The fraction of sp³-hybridized carbons (Fsp3) is 0.310. The number of fused-ring (bicyclic) bond motifs is 2. The SMILES string of the molecule is CCCC1=C(CCC)C(C)(CCC)C(C2=CC=CC2)=C2[C-]=c3cc(C)ccc3=C21.[Cl-].[Cl-].[Zr+2]=[C](c1ccccc1)c1ccccc1. The van der Waals surface area contributed by atoms with Crippen molar-refractivity contribution >= 4 is 14.9 Å². The van der Waals surface area contributed by atoms with Crippen molar-refractivity contribution in [3.05, 3.63) is 152 Å². The monoisotopic (exact) mass is 709 g/mol. The molecular formula is C42H45Cl2Zr-. The van der Waals surface area contributed by atoms with Crippen LogP contribution in [0.25, 0.3) is 11.6 Å². The van der Waals surface area contributed by atoms with Gasteiger partial charge in [-0.2, -0.15) is 0 Å². The maximum atomic E-state index is 3.91. The Labute approximate surface area is 299 Å². The molecule has 0 nitrogen and oxygen atoms in total. The Bertz CT molecular complexity index is 1700. The molecule has 0 spiro atoms. The number of hydrogen-bond donors (Lipinski definition) is 0. The molecule has 3 aromatic rings. The summed E-state index contributed by atoms with van der Waals surface area (Å²) < 4.78 is 1.42. The van der Waals surface area contributed by atoms with Crippen molar-refractivity contribution in [2.45, 2.75) is 79.6 Å². The molecule has 6 rings (SSSR count). The molecule has 0 amide bonds. The molecule has 0 heterocycles. The van der Waals surface area contributed by atoms with E-state index in [0.29, 0.717) is 0 Å². The Hall–Kier alpha value is -2.31. The second-order valence-corrected chi connectivity index (χ2v) is 13.5. The molecule has 0 saturated heterocycles. The van der Waals surface area contributed by atoms with Crippen LogP contribution in [0.1, 0.15) is 89.3 Å². The summed E-state index contributed by atoms with van der Waals surface area (Å²) >= 11 is 1.46. The van der Waals surface area contributed by atoms with E-state index in [1.54, 1.807) is 16.7 Å². The normalized spacial score (nSPS) is 17.8. The predicted molar refractivity (Wildman–Crippen MR) is 182 cm³/mol. The molecule has 3 aliphatic carbocycles. The van der Waals surface area contributed by atoms with Crippen LogP contribution >= 0.6 is 0 Å². The molecular weight excluding hydrogens is 667 g/mol. The van der Waals surface area contributed by atoms with Crippen molar-refractivity contribution in [1.29, 1.82) is 0 Å². The summed E-state index contributed by atoms with van der Waals surface area (Å²) in [6, 6.07) is 28.1.